The van der Waals surface area contributed by atoms with E-state index in [0.717, 1.165) is 0 Å². The lowest BCUT2D eigenvalue weighted by Crippen LogP contribution is -2.28. The maximum Gasteiger partial charge on any atom is 0.325 e. The standard InChI is InChI=1S/C12H16BrNO4/c1-4-14-11(12(15)16)7-5-9(17-2)10(18-3)6-8(7)13/h5-6,11,14H,4H2,1-3H3,(H,15,16). The molecular formula is C12H16BrNO4. The van der Waals surface area contributed by atoms with Gasteiger partial charge in [-0.1, -0.05) is 22.9 Å². The molecule has 0 fully saturated rings. The molecular weight excluding hydrogens is 302 g/mol. The largest absolute Gasteiger partial charge is 0.493 e. The lowest BCUT2D eigenvalue weighted by molar-refractivity contribution is -0.139. The third-order valence-corrected chi connectivity index (χ3v) is 3.16. The molecule has 0 aromatic heterocycles. The predicted octanol–water partition coefficient (Wildman–Crippen LogP) is 2.20. The fraction of sp³-hybridized carbons (Fsp3) is 0.417. The van der Waals surface area contributed by atoms with Crippen LogP contribution in [0.1, 0.15) is 18.5 Å². The van der Waals surface area contributed by atoms with Gasteiger partial charge in [-0.2, -0.15) is 0 Å². The van der Waals surface area contributed by atoms with Gasteiger partial charge in [0.25, 0.3) is 0 Å². The summed E-state index contributed by atoms with van der Waals surface area (Å²) in [6, 6.07) is 2.57. The third kappa shape index (κ3) is 3.14. The summed E-state index contributed by atoms with van der Waals surface area (Å²) < 4.78 is 11.0. The molecule has 0 spiro atoms. The minimum Gasteiger partial charge on any atom is -0.493 e. The van der Waals surface area contributed by atoms with Crippen molar-refractivity contribution in [3.63, 3.8) is 0 Å². The number of rotatable bonds is 6. The highest BCUT2D eigenvalue weighted by Crippen LogP contribution is 2.36. The zero-order valence-electron chi connectivity index (χ0n) is 10.5. The number of carboxylic acids is 1. The van der Waals surface area contributed by atoms with Gasteiger partial charge in [0, 0.05) is 4.47 Å². The molecule has 0 bridgehead atoms. The zero-order chi connectivity index (χ0) is 13.7. The van der Waals surface area contributed by atoms with E-state index in [9.17, 15) is 9.90 Å². The first kappa shape index (κ1) is 14.8. The zero-order valence-corrected chi connectivity index (χ0v) is 12.1. The number of halogens is 1. The quantitative estimate of drug-likeness (QED) is 0.842. The Bertz CT molecular complexity index is 436. The SMILES string of the molecule is CCNC(C(=O)O)c1cc(OC)c(OC)cc1Br. The number of likely N-dealkylation sites (N-methyl/N-ethyl adjacent to an activating group) is 1. The summed E-state index contributed by atoms with van der Waals surface area (Å²) in [5.41, 5.74) is 0.599. The first-order valence-corrected chi connectivity index (χ1v) is 6.22. The van der Waals surface area contributed by atoms with Crippen molar-refractivity contribution in [3.8, 4) is 11.5 Å². The van der Waals surface area contributed by atoms with Crippen LogP contribution in [0.4, 0.5) is 0 Å². The number of carboxylic acid groups (broad SMARTS) is 1. The van der Waals surface area contributed by atoms with Crippen molar-refractivity contribution in [1.29, 1.82) is 0 Å². The number of nitrogens with one attached hydrogen (secondary N) is 1. The van der Waals surface area contributed by atoms with Crippen molar-refractivity contribution < 1.29 is 19.4 Å². The highest BCUT2D eigenvalue weighted by Gasteiger charge is 2.23. The number of methoxy groups -OCH3 is 2. The number of ether oxygens (including phenoxy) is 2. The first-order valence-electron chi connectivity index (χ1n) is 5.42. The van der Waals surface area contributed by atoms with Crippen LogP contribution < -0.4 is 14.8 Å². The molecule has 1 unspecified atom stereocenters. The average molecular weight is 318 g/mol. The van der Waals surface area contributed by atoms with Gasteiger partial charge in [-0.25, -0.2) is 0 Å². The molecule has 0 saturated carbocycles. The van der Waals surface area contributed by atoms with E-state index in [0.29, 0.717) is 28.1 Å². The maximum absolute atomic E-state index is 11.2. The van der Waals surface area contributed by atoms with E-state index < -0.39 is 12.0 Å². The van der Waals surface area contributed by atoms with Crippen molar-refractivity contribution in [2.75, 3.05) is 20.8 Å². The van der Waals surface area contributed by atoms with E-state index in [1.165, 1.54) is 14.2 Å². The molecule has 0 saturated heterocycles. The summed E-state index contributed by atoms with van der Waals surface area (Å²) in [7, 11) is 3.04. The van der Waals surface area contributed by atoms with Gasteiger partial charge in [0.1, 0.15) is 6.04 Å². The fourth-order valence-electron chi connectivity index (χ4n) is 1.63. The molecule has 0 aliphatic heterocycles. The summed E-state index contributed by atoms with van der Waals surface area (Å²) in [5, 5.41) is 12.1. The van der Waals surface area contributed by atoms with Gasteiger partial charge < -0.3 is 19.9 Å². The van der Waals surface area contributed by atoms with Crippen molar-refractivity contribution in [3.05, 3.63) is 22.2 Å². The van der Waals surface area contributed by atoms with E-state index in [1.54, 1.807) is 12.1 Å². The van der Waals surface area contributed by atoms with Gasteiger partial charge in [-0.05, 0) is 24.2 Å². The molecule has 6 heteroatoms. The van der Waals surface area contributed by atoms with Crippen LogP contribution in [-0.4, -0.2) is 31.8 Å². The van der Waals surface area contributed by atoms with E-state index >= 15 is 0 Å². The summed E-state index contributed by atoms with van der Waals surface area (Å²) in [4.78, 5) is 11.2. The van der Waals surface area contributed by atoms with Crippen LogP contribution >= 0.6 is 15.9 Å². The number of hydrogen-bond acceptors (Lipinski definition) is 4. The van der Waals surface area contributed by atoms with Gasteiger partial charge in [0.15, 0.2) is 11.5 Å². The van der Waals surface area contributed by atoms with Gasteiger partial charge in [-0.3, -0.25) is 4.79 Å². The number of hydrogen-bond donors (Lipinski definition) is 2. The van der Waals surface area contributed by atoms with E-state index in [1.807, 2.05) is 6.92 Å². The van der Waals surface area contributed by atoms with E-state index in [2.05, 4.69) is 21.2 Å². The molecule has 18 heavy (non-hydrogen) atoms. The van der Waals surface area contributed by atoms with Crippen molar-refractivity contribution in [2.45, 2.75) is 13.0 Å². The number of benzene rings is 1. The molecule has 2 N–H and O–H groups in total. The topological polar surface area (TPSA) is 67.8 Å². The lowest BCUT2D eigenvalue weighted by Gasteiger charge is -2.17. The third-order valence-electron chi connectivity index (χ3n) is 2.47. The molecule has 1 rings (SSSR count). The van der Waals surface area contributed by atoms with Crippen LogP contribution in [0.5, 0.6) is 11.5 Å². The van der Waals surface area contributed by atoms with Crippen LogP contribution in [0.2, 0.25) is 0 Å². The van der Waals surface area contributed by atoms with Crippen LogP contribution in [-0.2, 0) is 4.79 Å². The smallest absolute Gasteiger partial charge is 0.325 e. The Labute approximate surface area is 114 Å². The second-order valence-corrected chi connectivity index (χ2v) is 4.41. The molecule has 0 aliphatic carbocycles. The normalized spacial score (nSPS) is 12.0. The second-order valence-electron chi connectivity index (χ2n) is 3.56. The van der Waals surface area contributed by atoms with Crippen molar-refractivity contribution in [1.82, 2.24) is 5.32 Å². The highest BCUT2D eigenvalue weighted by atomic mass is 79.9. The molecule has 0 amide bonds. The maximum atomic E-state index is 11.2. The van der Waals surface area contributed by atoms with Gasteiger partial charge >= 0.3 is 5.97 Å². The molecule has 5 nitrogen and oxygen atoms in total. The van der Waals surface area contributed by atoms with Gasteiger partial charge in [0.2, 0.25) is 0 Å². The number of carbonyl (C=O) groups is 1. The summed E-state index contributed by atoms with van der Waals surface area (Å²) in [6.45, 7) is 2.41. The van der Waals surface area contributed by atoms with Crippen molar-refractivity contribution in [2.24, 2.45) is 0 Å². The Balaban J connectivity index is 3.25. The minimum absolute atomic E-state index is 0.500. The lowest BCUT2D eigenvalue weighted by atomic mass is 10.1. The van der Waals surface area contributed by atoms with Crippen LogP contribution in [0, 0.1) is 0 Å². The molecule has 1 aromatic rings. The molecule has 0 heterocycles. The van der Waals surface area contributed by atoms with Crippen molar-refractivity contribution >= 4 is 21.9 Å². The molecule has 0 radical (unpaired) electrons. The number of aliphatic carboxylic acids is 1. The second kappa shape index (κ2) is 6.61. The van der Waals surface area contributed by atoms with Crippen LogP contribution in [0.25, 0.3) is 0 Å². The summed E-state index contributed by atoms with van der Waals surface area (Å²) in [6.07, 6.45) is 0. The Morgan fingerprint density at radius 2 is 1.94 bits per heavy atom. The van der Waals surface area contributed by atoms with Crippen LogP contribution in [0.15, 0.2) is 16.6 Å². The highest BCUT2D eigenvalue weighted by molar-refractivity contribution is 9.10. The fourth-order valence-corrected chi connectivity index (χ4v) is 2.18. The van der Waals surface area contributed by atoms with Gasteiger partial charge in [0.05, 0.1) is 14.2 Å². The molecule has 1 atom stereocenters. The predicted molar refractivity (Wildman–Crippen MR) is 71.3 cm³/mol. The average Bonchev–Trinajstić information content (AvgIpc) is 2.35. The molecule has 0 aliphatic rings. The Kier molecular flexibility index (Phi) is 5.43. The Morgan fingerprint density at radius 1 is 1.39 bits per heavy atom. The first-order chi connectivity index (χ1) is 8.54. The minimum atomic E-state index is -0.940. The van der Waals surface area contributed by atoms with E-state index in [4.69, 9.17) is 9.47 Å². The Hall–Kier alpha value is -1.27. The monoisotopic (exact) mass is 317 g/mol. The Morgan fingerprint density at radius 3 is 2.39 bits per heavy atom. The molecule has 100 valence electrons. The summed E-state index contributed by atoms with van der Waals surface area (Å²) >= 11 is 3.35. The molecule has 1 aromatic carbocycles. The van der Waals surface area contributed by atoms with Gasteiger partial charge in [-0.15, -0.1) is 0 Å². The van der Waals surface area contributed by atoms with E-state index in [-0.39, 0.29) is 0 Å². The summed E-state index contributed by atoms with van der Waals surface area (Å²) in [5.74, 6) is 0.110. The van der Waals surface area contributed by atoms with Crippen LogP contribution in [0.3, 0.4) is 0 Å².